The van der Waals surface area contributed by atoms with Crippen molar-refractivity contribution in [2.45, 2.75) is 13.0 Å². The highest BCUT2D eigenvalue weighted by Crippen LogP contribution is 2.30. The molecule has 0 saturated carbocycles. The molecule has 4 aromatic heterocycles. The number of aromatic nitrogens is 6. The number of carbonyl (C=O) groups excluding carboxylic acids is 1. The second-order valence-corrected chi connectivity index (χ2v) is 8.09. The maximum absolute atomic E-state index is 11.7. The molecule has 4 heterocycles. The van der Waals surface area contributed by atoms with E-state index in [1.54, 1.807) is 43.1 Å². The first-order valence-corrected chi connectivity index (χ1v) is 10.1. The molecule has 0 bridgehead atoms. The molecule has 0 aliphatic heterocycles. The molecule has 0 atom stereocenters. The summed E-state index contributed by atoms with van der Waals surface area (Å²) in [4.78, 5) is 27.7. The Morgan fingerprint density at radius 3 is 2.90 bits per heavy atom. The fourth-order valence-electron chi connectivity index (χ4n) is 3.30. The average molecular weight is 440 g/mol. The number of hydrogen-bond acceptors (Lipinski definition) is 8. The van der Waals surface area contributed by atoms with E-state index >= 15 is 0 Å². The molecule has 0 radical (unpaired) electrons. The first kappa shape index (κ1) is 20.5. The van der Waals surface area contributed by atoms with Crippen molar-refractivity contribution in [3.05, 3.63) is 51.7 Å². The summed E-state index contributed by atoms with van der Waals surface area (Å²) in [6.07, 6.45) is 6.20. The topological polar surface area (TPSA) is 134 Å². The van der Waals surface area contributed by atoms with Gasteiger partial charge < -0.3 is 9.67 Å². The third-order valence-electron chi connectivity index (χ3n) is 4.75. The molecule has 2 N–H and O–H groups in total. The summed E-state index contributed by atoms with van der Waals surface area (Å²) in [5.41, 5.74) is 3.27. The molecule has 160 valence electrons. The summed E-state index contributed by atoms with van der Waals surface area (Å²) >= 11 is 1.49. The van der Waals surface area contributed by atoms with E-state index < -0.39 is 5.97 Å². The lowest BCUT2D eigenvalue weighted by molar-refractivity contribution is 0.0694. The number of carboxylic acid groups (broad SMARTS) is 1. The molecule has 0 aliphatic carbocycles. The van der Waals surface area contributed by atoms with Crippen molar-refractivity contribution in [2.75, 3.05) is 7.05 Å². The second kappa shape index (κ2) is 8.14. The summed E-state index contributed by atoms with van der Waals surface area (Å²) in [5.74, 6) is -1.04. The van der Waals surface area contributed by atoms with Gasteiger partial charge in [0.05, 0.1) is 34.5 Å². The summed E-state index contributed by atoms with van der Waals surface area (Å²) in [6, 6.07) is 1.89. The van der Waals surface area contributed by atoms with E-state index in [4.69, 9.17) is 0 Å². The summed E-state index contributed by atoms with van der Waals surface area (Å²) in [6.45, 7) is 0.207. The highest BCUT2D eigenvalue weighted by Gasteiger charge is 2.19. The molecule has 0 aromatic carbocycles. The molecule has 4 aromatic rings. The van der Waals surface area contributed by atoms with E-state index in [9.17, 15) is 14.7 Å². The van der Waals surface area contributed by atoms with Gasteiger partial charge in [-0.25, -0.2) is 9.78 Å². The largest absolute Gasteiger partial charge is 0.478 e. The van der Waals surface area contributed by atoms with Crippen LogP contribution in [0.4, 0.5) is 0 Å². The van der Waals surface area contributed by atoms with Gasteiger partial charge in [-0.1, -0.05) is 0 Å². The van der Waals surface area contributed by atoms with E-state index in [1.165, 1.54) is 22.2 Å². The molecule has 0 unspecified atom stereocenters. The summed E-state index contributed by atoms with van der Waals surface area (Å²) in [5, 5.41) is 27.3. The van der Waals surface area contributed by atoms with Crippen LogP contribution in [-0.2, 0) is 27.1 Å². The van der Waals surface area contributed by atoms with Crippen molar-refractivity contribution >= 4 is 40.2 Å². The Kier molecular flexibility index (Phi) is 5.38. The fourth-order valence-corrected chi connectivity index (χ4v) is 4.43. The quantitative estimate of drug-likeness (QED) is 0.242. The Bertz CT molecular complexity index is 1280. The van der Waals surface area contributed by atoms with Gasteiger partial charge in [0.2, 0.25) is 0 Å². The molecule has 12 heteroatoms. The van der Waals surface area contributed by atoms with Crippen LogP contribution >= 0.6 is 11.3 Å². The van der Waals surface area contributed by atoms with Crippen molar-refractivity contribution in [1.82, 2.24) is 34.5 Å². The molecule has 4 rings (SSSR count). The van der Waals surface area contributed by atoms with Crippen molar-refractivity contribution in [1.29, 1.82) is 0 Å². The number of hydrazone groups is 1. The number of nitrogens with zero attached hydrogens (tertiary/aromatic N) is 7. The normalized spacial score (nSPS) is 11.6. The number of carboxylic acids is 1. The first-order valence-electron chi connectivity index (χ1n) is 9.30. The number of nitrogens with one attached hydrogen (secondary N) is 1. The highest BCUT2D eigenvalue weighted by atomic mass is 32.1. The molecule has 11 nitrogen and oxygen atoms in total. The maximum atomic E-state index is 11.7. The molecule has 0 spiro atoms. The van der Waals surface area contributed by atoms with Crippen molar-refractivity contribution in [3.63, 3.8) is 0 Å². The van der Waals surface area contributed by atoms with Crippen molar-refractivity contribution in [2.24, 2.45) is 19.2 Å². The molecule has 0 aliphatic rings. The van der Waals surface area contributed by atoms with E-state index in [-0.39, 0.29) is 12.1 Å². The van der Waals surface area contributed by atoms with Crippen LogP contribution in [0.2, 0.25) is 0 Å². The summed E-state index contributed by atoms with van der Waals surface area (Å²) < 4.78 is 4.06. The average Bonchev–Trinajstić information content (AvgIpc) is 3.48. The molecule has 31 heavy (non-hydrogen) atoms. The number of aryl methyl sites for hydroxylation is 2. The van der Waals surface area contributed by atoms with Gasteiger partial charge >= 0.3 is 5.97 Å². The zero-order valence-corrected chi connectivity index (χ0v) is 17.9. The molecular formula is C19H20N8O3S. The lowest BCUT2D eigenvalue weighted by Crippen LogP contribution is -2.14. The SMILES string of the molecule is CN(Cc1nn(C)cc1C(=O)O)/N=C\c1c(C=O)n(C)c2nc(Cc3cc[nH]n3)sc12. The minimum absolute atomic E-state index is 0.130. The smallest absolute Gasteiger partial charge is 0.339 e. The van der Waals surface area contributed by atoms with E-state index in [1.807, 2.05) is 6.07 Å². The molecule has 0 amide bonds. The third-order valence-corrected chi connectivity index (χ3v) is 5.83. The minimum atomic E-state index is -1.04. The lowest BCUT2D eigenvalue weighted by Gasteiger charge is -2.11. The second-order valence-electron chi connectivity index (χ2n) is 7.01. The lowest BCUT2D eigenvalue weighted by atomic mass is 10.2. The number of H-pyrrole nitrogens is 1. The minimum Gasteiger partial charge on any atom is -0.478 e. The van der Waals surface area contributed by atoms with Crippen LogP contribution in [0.1, 0.15) is 42.8 Å². The van der Waals surface area contributed by atoms with Crippen molar-refractivity contribution < 1.29 is 14.7 Å². The predicted molar refractivity (Wildman–Crippen MR) is 115 cm³/mol. The van der Waals surface area contributed by atoms with Gasteiger partial charge in [0.15, 0.2) is 11.9 Å². The Labute approximate surface area is 180 Å². The predicted octanol–water partition coefficient (Wildman–Crippen LogP) is 1.66. The van der Waals surface area contributed by atoms with E-state index in [2.05, 4.69) is 25.4 Å². The third kappa shape index (κ3) is 3.97. The van der Waals surface area contributed by atoms with Gasteiger partial charge in [0.1, 0.15) is 10.6 Å². The number of fused-ring (bicyclic) bond motifs is 1. The highest BCUT2D eigenvalue weighted by molar-refractivity contribution is 7.19. The zero-order chi connectivity index (χ0) is 22.1. The number of thiazole rings is 1. The van der Waals surface area contributed by atoms with Gasteiger partial charge in [-0.2, -0.15) is 15.3 Å². The van der Waals surface area contributed by atoms with Crippen LogP contribution < -0.4 is 0 Å². The summed E-state index contributed by atoms with van der Waals surface area (Å²) in [7, 11) is 5.17. The monoisotopic (exact) mass is 440 g/mol. The van der Waals surface area contributed by atoms with Crippen LogP contribution in [0.15, 0.2) is 23.6 Å². The number of rotatable bonds is 8. The number of hydrogen-bond donors (Lipinski definition) is 2. The van der Waals surface area contributed by atoms with Crippen molar-refractivity contribution in [3.8, 4) is 0 Å². The Hall–Kier alpha value is -3.80. The Morgan fingerprint density at radius 1 is 1.42 bits per heavy atom. The van der Waals surface area contributed by atoms with Crippen LogP contribution in [0.25, 0.3) is 10.3 Å². The van der Waals surface area contributed by atoms with Gasteiger partial charge in [0.25, 0.3) is 0 Å². The number of aromatic carboxylic acids is 1. The van der Waals surface area contributed by atoms with Gasteiger partial charge in [-0.05, 0) is 6.07 Å². The van der Waals surface area contributed by atoms with Gasteiger partial charge in [0, 0.05) is 45.5 Å². The Morgan fingerprint density at radius 2 is 2.23 bits per heavy atom. The van der Waals surface area contributed by atoms with Gasteiger partial charge in [-0.3, -0.25) is 19.6 Å². The zero-order valence-electron chi connectivity index (χ0n) is 17.1. The molecular weight excluding hydrogens is 420 g/mol. The van der Waals surface area contributed by atoms with Crippen LogP contribution in [0, 0.1) is 0 Å². The number of carbonyl (C=O) groups is 2. The molecule has 0 saturated heterocycles. The maximum Gasteiger partial charge on any atom is 0.339 e. The Balaban J connectivity index is 1.62. The van der Waals surface area contributed by atoms with E-state index in [0.717, 1.165) is 21.7 Å². The van der Waals surface area contributed by atoms with Crippen LogP contribution in [0.3, 0.4) is 0 Å². The van der Waals surface area contributed by atoms with E-state index in [0.29, 0.717) is 29.0 Å². The number of aldehydes is 1. The molecule has 0 fully saturated rings. The fraction of sp³-hybridized carbons (Fsp3) is 0.263. The number of aromatic amines is 1. The van der Waals surface area contributed by atoms with Crippen LogP contribution in [-0.4, -0.2) is 65.2 Å². The standard InChI is InChI=1S/C19H20N8O3S/c1-25(9-14-13(19(29)30)8-26(2)24-14)21-7-12-15(10-28)27(3)18-17(12)31-16(22-18)6-11-4-5-20-23-11/h4-5,7-8,10H,6,9H2,1-3H3,(H,20,23)(H,29,30)/b21-7-. The van der Waals surface area contributed by atoms with Gasteiger partial charge in [-0.15, -0.1) is 11.3 Å². The van der Waals surface area contributed by atoms with Crippen LogP contribution in [0.5, 0.6) is 0 Å². The first-order chi connectivity index (χ1) is 14.9.